The van der Waals surface area contributed by atoms with Crippen LogP contribution in [0.1, 0.15) is 28.8 Å². The van der Waals surface area contributed by atoms with Crippen LogP contribution >= 0.6 is 11.3 Å². The third kappa shape index (κ3) is 3.29. The smallest absolute Gasteiger partial charge is 0.243 e. The predicted octanol–water partition coefficient (Wildman–Crippen LogP) is 3.95. The number of fused-ring (bicyclic) bond motifs is 3. The second-order valence-corrected chi connectivity index (χ2v) is 7.94. The first-order chi connectivity index (χ1) is 12.6. The van der Waals surface area contributed by atoms with E-state index in [2.05, 4.69) is 15.3 Å². The van der Waals surface area contributed by atoms with Gasteiger partial charge in [0.2, 0.25) is 5.91 Å². The van der Waals surface area contributed by atoms with Crippen LogP contribution in [0, 0.1) is 6.92 Å². The topological polar surface area (TPSA) is 58.1 Å². The van der Waals surface area contributed by atoms with Crippen LogP contribution in [0.25, 0.3) is 10.2 Å². The van der Waals surface area contributed by atoms with E-state index in [1.807, 2.05) is 43.1 Å². The normalized spacial score (nSPS) is 13.5. The second kappa shape index (κ2) is 7.03. The van der Waals surface area contributed by atoms with Gasteiger partial charge in [-0.15, -0.1) is 11.3 Å². The third-order valence-corrected chi connectivity index (χ3v) is 6.01. The molecule has 134 valence electrons. The highest BCUT2D eigenvalue weighted by atomic mass is 32.1. The van der Waals surface area contributed by atoms with Crippen molar-refractivity contribution in [1.82, 2.24) is 9.97 Å². The summed E-state index contributed by atoms with van der Waals surface area (Å²) in [6.07, 6.45) is 6.28. The summed E-state index contributed by atoms with van der Waals surface area (Å²) in [6.45, 7) is 2.28. The Morgan fingerprint density at radius 3 is 2.77 bits per heavy atom. The van der Waals surface area contributed by atoms with E-state index in [-0.39, 0.29) is 12.5 Å². The van der Waals surface area contributed by atoms with Gasteiger partial charge in [0.05, 0.1) is 11.9 Å². The van der Waals surface area contributed by atoms with Crippen molar-refractivity contribution in [2.75, 3.05) is 23.8 Å². The quantitative estimate of drug-likeness (QED) is 0.759. The van der Waals surface area contributed by atoms with Crippen molar-refractivity contribution in [2.45, 2.75) is 32.6 Å². The lowest BCUT2D eigenvalue weighted by Crippen LogP contribution is -2.30. The Morgan fingerprint density at radius 1 is 1.19 bits per heavy atom. The number of benzene rings is 1. The monoisotopic (exact) mass is 366 g/mol. The molecule has 0 spiro atoms. The fourth-order valence-electron chi connectivity index (χ4n) is 3.49. The van der Waals surface area contributed by atoms with Gasteiger partial charge in [0.15, 0.2) is 0 Å². The third-order valence-electron chi connectivity index (χ3n) is 4.81. The van der Waals surface area contributed by atoms with Crippen LogP contribution in [0.5, 0.6) is 0 Å². The standard InChI is InChI=1S/C20H22N4OS/c1-13-7-9-14(10-8-13)23-17(25)11-24(2)19-18-15-5-3-4-6-16(15)26-20(18)22-12-21-19/h7-10,12H,3-6,11H2,1-2H3,(H,23,25). The van der Waals surface area contributed by atoms with Crippen molar-refractivity contribution < 1.29 is 4.79 Å². The number of nitrogens with zero attached hydrogens (tertiary/aromatic N) is 3. The number of carbonyl (C=O) groups is 1. The Balaban J connectivity index is 1.56. The summed E-state index contributed by atoms with van der Waals surface area (Å²) in [5, 5.41) is 4.09. The minimum absolute atomic E-state index is 0.0489. The fourth-order valence-corrected chi connectivity index (χ4v) is 4.71. The first kappa shape index (κ1) is 17.0. The van der Waals surface area contributed by atoms with Gasteiger partial charge in [-0.2, -0.15) is 0 Å². The molecule has 0 saturated carbocycles. The number of nitrogens with one attached hydrogen (secondary N) is 1. The number of hydrogen-bond donors (Lipinski definition) is 1. The number of aromatic nitrogens is 2. The summed E-state index contributed by atoms with van der Waals surface area (Å²) in [7, 11) is 1.92. The van der Waals surface area contributed by atoms with Gasteiger partial charge in [-0.1, -0.05) is 17.7 Å². The van der Waals surface area contributed by atoms with Crippen molar-refractivity contribution >= 4 is 39.0 Å². The fraction of sp³-hybridized carbons (Fsp3) is 0.350. The molecular weight excluding hydrogens is 344 g/mol. The van der Waals surface area contributed by atoms with Crippen LogP contribution in [0.3, 0.4) is 0 Å². The number of rotatable bonds is 4. The van der Waals surface area contributed by atoms with E-state index in [0.717, 1.165) is 34.6 Å². The zero-order valence-corrected chi connectivity index (χ0v) is 15.9. The molecule has 0 aliphatic heterocycles. The van der Waals surface area contributed by atoms with Crippen LogP contribution < -0.4 is 10.2 Å². The number of carbonyl (C=O) groups excluding carboxylic acids is 1. The van der Waals surface area contributed by atoms with Crippen molar-refractivity contribution in [3.05, 3.63) is 46.6 Å². The lowest BCUT2D eigenvalue weighted by molar-refractivity contribution is -0.114. The van der Waals surface area contributed by atoms with E-state index >= 15 is 0 Å². The van der Waals surface area contributed by atoms with Crippen LogP contribution in [-0.2, 0) is 17.6 Å². The molecule has 3 aromatic rings. The zero-order chi connectivity index (χ0) is 18.1. The van der Waals surface area contributed by atoms with Gasteiger partial charge in [-0.25, -0.2) is 9.97 Å². The predicted molar refractivity (Wildman–Crippen MR) is 107 cm³/mol. The molecule has 2 heterocycles. The van der Waals surface area contributed by atoms with Gasteiger partial charge >= 0.3 is 0 Å². The molecule has 1 N–H and O–H groups in total. The van der Waals surface area contributed by atoms with Crippen molar-refractivity contribution in [2.24, 2.45) is 0 Å². The van der Waals surface area contributed by atoms with Crippen molar-refractivity contribution in [1.29, 1.82) is 0 Å². The maximum atomic E-state index is 12.5. The molecule has 0 saturated heterocycles. The van der Waals surface area contributed by atoms with Gasteiger partial charge < -0.3 is 10.2 Å². The SMILES string of the molecule is Cc1ccc(NC(=O)CN(C)c2ncnc3sc4c(c23)CCCC4)cc1. The van der Waals surface area contributed by atoms with Gasteiger partial charge in [-0.3, -0.25) is 4.79 Å². The van der Waals surface area contributed by atoms with Crippen molar-refractivity contribution in [3.63, 3.8) is 0 Å². The van der Waals surface area contributed by atoms with E-state index in [1.54, 1.807) is 17.7 Å². The Hall–Kier alpha value is -2.47. The molecule has 0 atom stereocenters. The number of amides is 1. The molecule has 0 fully saturated rings. The molecule has 6 heteroatoms. The molecule has 2 aromatic heterocycles. The lowest BCUT2D eigenvalue weighted by atomic mass is 9.97. The minimum Gasteiger partial charge on any atom is -0.350 e. The van der Waals surface area contributed by atoms with E-state index in [0.29, 0.717) is 0 Å². The molecule has 1 amide bonds. The number of thiophene rings is 1. The Morgan fingerprint density at radius 2 is 1.96 bits per heavy atom. The number of likely N-dealkylation sites (N-methyl/N-ethyl adjacent to an activating group) is 1. The van der Waals surface area contributed by atoms with Gasteiger partial charge in [0, 0.05) is 17.6 Å². The second-order valence-electron chi connectivity index (χ2n) is 6.86. The molecule has 5 nitrogen and oxygen atoms in total. The average Bonchev–Trinajstić information content (AvgIpc) is 3.02. The summed E-state index contributed by atoms with van der Waals surface area (Å²) in [6, 6.07) is 7.83. The Kier molecular flexibility index (Phi) is 4.59. The molecule has 0 bridgehead atoms. The number of aryl methyl sites for hydroxylation is 3. The summed E-state index contributed by atoms with van der Waals surface area (Å²) in [5.74, 6) is 0.806. The summed E-state index contributed by atoms with van der Waals surface area (Å²) in [5.41, 5.74) is 3.37. The van der Waals surface area contributed by atoms with Crippen LogP contribution in [-0.4, -0.2) is 29.5 Å². The van der Waals surface area contributed by atoms with E-state index < -0.39 is 0 Å². The number of hydrogen-bond acceptors (Lipinski definition) is 5. The van der Waals surface area contributed by atoms with Gasteiger partial charge in [0.25, 0.3) is 0 Å². The van der Waals surface area contributed by atoms with E-state index in [4.69, 9.17) is 0 Å². The largest absolute Gasteiger partial charge is 0.350 e. The average molecular weight is 366 g/mol. The van der Waals surface area contributed by atoms with Crippen LogP contribution in [0.15, 0.2) is 30.6 Å². The molecule has 0 unspecified atom stereocenters. The summed E-state index contributed by atoms with van der Waals surface area (Å²) >= 11 is 1.78. The zero-order valence-electron chi connectivity index (χ0n) is 15.1. The molecule has 1 aliphatic rings. The Bertz CT molecular complexity index is 948. The Labute approximate surface area is 157 Å². The first-order valence-electron chi connectivity index (χ1n) is 8.95. The highest BCUT2D eigenvalue weighted by Crippen LogP contribution is 2.38. The van der Waals surface area contributed by atoms with Crippen LogP contribution in [0.4, 0.5) is 11.5 Å². The molecular formula is C20H22N4OS. The maximum Gasteiger partial charge on any atom is 0.243 e. The minimum atomic E-state index is -0.0489. The van der Waals surface area contributed by atoms with Crippen molar-refractivity contribution in [3.8, 4) is 0 Å². The molecule has 26 heavy (non-hydrogen) atoms. The summed E-state index contributed by atoms with van der Waals surface area (Å²) < 4.78 is 0. The number of anilines is 2. The molecule has 1 aromatic carbocycles. The van der Waals surface area contributed by atoms with Gasteiger partial charge in [-0.05, 0) is 50.3 Å². The highest BCUT2D eigenvalue weighted by Gasteiger charge is 2.22. The summed E-state index contributed by atoms with van der Waals surface area (Å²) in [4.78, 5) is 25.8. The maximum absolute atomic E-state index is 12.5. The van der Waals surface area contributed by atoms with E-state index in [1.165, 1.54) is 28.8 Å². The first-order valence-corrected chi connectivity index (χ1v) is 9.76. The van der Waals surface area contributed by atoms with E-state index in [9.17, 15) is 4.79 Å². The van der Waals surface area contributed by atoms with Crippen LogP contribution in [0.2, 0.25) is 0 Å². The lowest BCUT2D eigenvalue weighted by Gasteiger charge is -2.20. The van der Waals surface area contributed by atoms with Gasteiger partial charge in [0.1, 0.15) is 17.0 Å². The molecule has 1 aliphatic carbocycles. The molecule has 4 rings (SSSR count). The highest BCUT2D eigenvalue weighted by molar-refractivity contribution is 7.19. The molecule has 0 radical (unpaired) electrons.